The second kappa shape index (κ2) is 5.81. The third kappa shape index (κ3) is 4.51. The van der Waals surface area contributed by atoms with Gasteiger partial charge in [0.1, 0.15) is 18.6 Å². The van der Waals surface area contributed by atoms with E-state index in [-0.39, 0.29) is 0 Å². The van der Waals surface area contributed by atoms with Gasteiger partial charge < -0.3 is 20.7 Å². The lowest BCUT2D eigenvalue weighted by Gasteiger charge is -2.16. The van der Waals surface area contributed by atoms with E-state index in [0.29, 0.717) is 0 Å². The molecule has 2 atom stereocenters. The molecule has 0 heterocycles. The smallest absolute Gasteiger partial charge is 0.372 e. The van der Waals surface area contributed by atoms with Gasteiger partial charge in [0.15, 0.2) is 0 Å². The molecule has 0 aromatic heterocycles. The molecule has 0 aromatic rings. The number of ether oxygens (including phenoxy) is 1. The summed E-state index contributed by atoms with van der Waals surface area (Å²) in [5.74, 6) is -5.59. The van der Waals surface area contributed by atoms with Gasteiger partial charge in [0.2, 0.25) is 0 Å². The molecule has 0 saturated carbocycles. The van der Waals surface area contributed by atoms with Crippen LogP contribution in [0.15, 0.2) is 0 Å². The fourth-order valence-corrected chi connectivity index (χ4v) is 0.730. The van der Waals surface area contributed by atoms with Gasteiger partial charge in [-0.15, -0.1) is 0 Å². The molecule has 0 aliphatic carbocycles. The van der Waals surface area contributed by atoms with Gasteiger partial charge in [0.25, 0.3) is 5.78 Å². The average molecular weight is 233 g/mol. The van der Waals surface area contributed by atoms with E-state index in [1.807, 2.05) is 0 Å². The minimum absolute atomic E-state index is 0.952. The Bertz CT molecular complexity index is 324. The number of hydrogen-bond donors (Lipinski definition) is 3. The number of hydrogen-bond acceptors (Lipinski definition) is 6. The Morgan fingerprint density at radius 1 is 1.25 bits per heavy atom. The number of carboxylic acids is 2. The molecule has 0 spiro atoms. The van der Waals surface area contributed by atoms with Crippen molar-refractivity contribution in [3.05, 3.63) is 0 Å². The first-order valence-electron chi connectivity index (χ1n) is 4.19. The van der Waals surface area contributed by atoms with Crippen molar-refractivity contribution in [1.82, 2.24) is 0 Å². The molecular weight excluding hydrogens is 222 g/mol. The Labute approximate surface area is 90.0 Å². The molecule has 16 heavy (non-hydrogen) atoms. The maximum absolute atomic E-state index is 10.9. The molecule has 0 amide bonds. The van der Waals surface area contributed by atoms with E-state index in [0.717, 1.165) is 0 Å². The first kappa shape index (κ1) is 14.0. The minimum atomic E-state index is -1.76. The van der Waals surface area contributed by atoms with E-state index in [2.05, 4.69) is 4.74 Å². The number of carboxylic acid groups (broad SMARTS) is 2. The van der Waals surface area contributed by atoms with Crippen LogP contribution in [0.4, 0.5) is 0 Å². The topological polar surface area (TPSA) is 144 Å². The van der Waals surface area contributed by atoms with Gasteiger partial charge >= 0.3 is 17.9 Å². The molecule has 0 radical (unpaired) electrons. The monoisotopic (exact) mass is 233 g/mol. The predicted molar refractivity (Wildman–Crippen MR) is 48.4 cm³/mol. The van der Waals surface area contributed by atoms with Crippen LogP contribution in [0.1, 0.15) is 13.3 Å². The van der Waals surface area contributed by atoms with Crippen LogP contribution >= 0.6 is 0 Å². The van der Waals surface area contributed by atoms with Gasteiger partial charge in [-0.2, -0.15) is 0 Å². The maximum Gasteiger partial charge on any atom is 0.372 e. The molecule has 0 fully saturated rings. The van der Waals surface area contributed by atoms with E-state index >= 15 is 0 Å². The third-order valence-electron chi connectivity index (χ3n) is 1.65. The van der Waals surface area contributed by atoms with Gasteiger partial charge in [0.05, 0.1) is 0 Å². The second-order valence-corrected chi connectivity index (χ2v) is 2.96. The molecule has 8 nitrogen and oxygen atoms in total. The second-order valence-electron chi connectivity index (χ2n) is 2.96. The highest BCUT2D eigenvalue weighted by atomic mass is 16.5. The zero-order chi connectivity index (χ0) is 12.9. The van der Waals surface area contributed by atoms with Crippen molar-refractivity contribution in [2.75, 3.05) is 0 Å². The maximum atomic E-state index is 10.9. The Morgan fingerprint density at radius 2 is 1.75 bits per heavy atom. The van der Waals surface area contributed by atoms with E-state index < -0.39 is 42.3 Å². The first-order chi connectivity index (χ1) is 7.25. The number of nitrogens with two attached hydrogens (primary N) is 1. The molecule has 0 rings (SSSR count). The van der Waals surface area contributed by atoms with E-state index in [1.54, 1.807) is 0 Å². The number of aliphatic carboxylic acids is 2. The van der Waals surface area contributed by atoms with Crippen LogP contribution in [0.5, 0.6) is 0 Å². The Balaban J connectivity index is 4.20. The average Bonchev–Trinajstić information content (AvgIpc) is 2.15. The summed E-state index contributed by atoms with van der Waals surface area (Å²) >= 11 is 0. The van der Waals surface area contributed by atoms with Crippen molar-refractivity contribution in [2.24, 2.45) is 5.73 Å². The number of ketones is 1. The zero-order valence-corrected chi connectivity index (χ0v) is 8.37. The van der Waals surface area contributed by atoms with Crippen molar-refractivity contribution in [3.63, 3.8) is 0 Å². The molecule has 8 heteroatoms. The molecule has 0 bridgehead atoms. The van der Waals surface area contributed by atoms with Crippen LogP contribution in [0, 0.1) is 0 Å². The standard InChI is InChI=1S/C8H11NO7/c1-3(6(9)8(14)15)16-5(11)2-4(10)7(12)13/h3,6H,2,9H2,1H3,(H,12,13)(H,14,15)/t3-,6+/m1/s1. The van der Waals surface area contributed by atoms with Crippen molar-refractivity contribution in [2.45, 2.75) is 25.5 Å². The van der Waals surface area contributed by atoms with Crippen molar-refractivity contribution in [1.29, 1.82) is 0 Å². The SMILES string of the molecule is C[C@@H](OC(=O)CC(=O)C(=O)O)[C@H](N)C(=O)O. The van der Waals surface area contributed by atoms with Crippen molar-refractivity contribution in [3.8, 4) is 0 Å². The van der Waals surface area contributed by atoms with Gasteiger partial charge in [-0.3, -0.25) is 14.4 Å². The number of esters is 1. The van der Waals surface area contributed by atoms with Crippen molar-refractivity contribution < 1.29 is 34.1 Å². The van der Waals surface area contributed by atoms with Crippen LogP contribution in [0.3, 0.4) is 0 Å². The highest BCUT2D eigenvalue weighted by molar-refractivity contribution is 6.35. The molecule has 4 N–H and O–H groups in total. The fraction of sp³-hybridized carbons (Fsp3) is 0.500. The third-order valence-corrected chi connectivity index (χ3v) is 1.65. The molecule has 0 unspecified atom stereocenters. The summed E-state index contributed by atoms with van der Waals surface area (Å²) in [6.45, 7) is 1.22. The summed E-state index contributed by atoms with van der Waals surface area (Å²) < 4.78 is 4.47. The molecule has 0 aliphatic rings. The van der Waals surface area contributed by atoms with Crippen LogP contribution in [0.2, 0.25) is 0 Å². The quantitative estimate of drug-likeness (QED) is 0.282. The Hall–Kier alpha value is -1.96. The molecule has 90 valence electrons. The van der Waals surface area contributed by atoms with Gasteiger partial charge in [-0.25, -0.2) is 4.79 Å². The summed E-state index contributed by atoms with van der Waals surface area (Å²) in [5, 5.41) is 16.6. The van der Waals surface area contributed by atoms with E-state index in [9.17, 15) is 19.2 Å². The lowest BCUT2D eigenvalue weighted by molar-refractivity contribution is -0.158. The molecular formula is C8H11NO7. The van der Waals surface area contributed by atoms with E-state index in [1.165, 1.54) is 6.92 Å². The molecule has 0 saturated heterocycles. The van der Waals surface area contributed by atoms with Crippen LogP contribution < -0.4 is 5.73 Å². The number of Topliss-reactive ketones (excluding diaryl/α,β-unsaturated/α-hetero) is 1. The summed E-state index contributed by atoms with van der Waals surface area (Å²) in [4.78, 5) is 42.0. The molecule has 0 aliphatic heterocycles. The van der Waals surface area contributed by atoms with Crippen LogP contribution in [-0.2, 0) is 23.9 Å². The summed E-state index contributed by atoms with van der Waals surface area (Å²) in [5.41, 5.74) is 5.12. The fourth-order valence-electron chi connectivity index (χ4n) is 0.730. The first-order valence-corrected chi connectivity index (χ1v) is 4.19. The minimum Gasteiger partial charge on any atom is -0.480 e. The van der Waals surface area contributed by atoms with Crippen LogP contribution in [0.25, 0.3) is 0 Å². The summed E-state index contributed by atoms with van der Waals surface area (Å²) in [7, 11) is 0. The number of carbonyl (C=O) groups is 4. The van der Waals surface area contributed by atoms with Crippen LogP contribution in [-0.4, -0.2) is 46.1 Å². The highest BCUT2D eigenvalue weighted by Crippen LogP contribution is 2.00. The summed E-state index contributed by atoms with van der Waals surface area (Å²) in [6.07, 6.45) is -2.10. The lowest BCUT2D eigenvalue weighted by atomic mass is 10.2. The number of carbonyl (C=O) groups excluding carboxylic acids is 2. The zero-order valence-electron chi connectivity index (χ0n) is 8.37. The lowest BCUT2D eigenvalue weighted by Crippen LogP contribution is -2.42. The Morgan fingerprint density at radius 3 is 2.12 bits per heavy atom. The highest BCUT2D eigenvalue weighted by Gasteiger charge is 2.25. The van der Waals surface area contributed by atoms with Gasteiger partial charge in [-0.05, 0) is 6.92 Å². The van der Waals surface area contributed by atoms with Gasteiger partial charge in [-0.1, -0.05) is 0 Å². The van der Waals surface area contributed by atoms with Crippen molar-refractivity contribution >= 4 is 23.7 Å². The number of rotatable bonds is 6. The largest absolute Gasteiger partial charge is 0.480 e. The Kier molecular flexibility index (Phi) is 5.10. The van der Waals surface area contributed by atoms with Gasteiger partial charge in [0, 0.05) is 0 Å². The predicted octanol–water partition coefficient (Wildman–Crippen LogP) is -1.63. The van der Waals surface area contributed by atoms with E-state index in [4.69, 9.17) is 15.9 Å². The normalized spacial score (nSPS) is 13.6. The molecule has 0 aromatic carbocycles. The summed E-state index contributed by atoms with van der Waals surface area (Å²) in [6, 6.07) is -1.43.